The van der Waals surface area contributed by atoms with Gasteiger partial charge in [0.05, 0.1) is 10.6 Å². The highest BCUT2D eigenvalue weighted by atomic mass is 32.2. The standard InChI is InChI=1S/C34H36FN3O4S/c1-4-36-34(40)32(22-27-12-6-5-7-13-27)37(23-28-14-8-9-16-31(28)35)33(39)24-38(29-15-10-11-26(3)21-29)43(41,42)30-19-17-25(2)18-20-30/h5-21,32H,4,22-24H2,1-3H3,(H,36,40)/t32-/m0/s1. The van der Waals surface area contributed by atoms with Crippen LogP contribution in [0.25, 0.3) is 0 Å². The minimum Gasteiger partial charge on any atom is -0.355 e. The molecule has 0 bridgehead atoms. The van der Waals surface area contributed by atoms with Crippen LogP contribution in [0.15, 0.2) is 108 Å². The third-order valence-corrected chi connectivity index (χ3v) is 8.89. The number of hydrogen-bond acceptors (Lipinski definition) is 4. The summed E-state index contributed by atoms with van der Waals surface area (Å²) < 4.78 is 44.1. The van der Waals surface area contributed by atoms with Gasteiger partial charge in [0.1, 0.15) is 18.4 Å². The van der Waals surface area contributed by atoms with E-state index < -0.39 is 40.2 Å². The molecule has 0 aromatic heterocycles. The fourth-order valence-corrected chi connectivity index (χ4v) is 6.21. The zero-order valence-electron chi connectivity index (χ0n) is 24.5. The molecule has 1 N–H and O–H groups in total. The monoisotopic (exact) mass is 601 g/mol. The average molecular weight is 602 g/mol. The van der Waals surface area contributed by atoms with Crippen molar-refractivity contribution in [3.05, 3.63) is 131 Å². The summed E-state index contributed by atoms with van der Waals surface area (Å²) in [5.74, 6) is -1.59. The van der Waals surface area contributed by atoms with Crippen molar-refractivity contribution in [2.24, 2.45) is 0 Å². The van der Waals surface area contributed by atoms with Gasteiger partial charge in [-0.05, 0) is 62.2 Å². The van der Waals surface area contributed by atoms with Crippen LogP contribution in [-0.4, -0.2) is 44.3 Å². The lowest BCUT2D eigenvalue weighted by molar-refractivity contribution is -0.140. The van der Waals surface area contributed by atoms with Gasteiger partial charge in [-0.3, -0.25) is 13.9 Å². The van der Waals surface area contributed by atoms with Crippen molar-refractivity contribution in [2.45, 2.75) is 44.7 Å². The Labute approximate surface area is 253 Å². The van der Waals surface area contributed by atoms with Gasteiger partial charge in [-0.15, -0.1) is 0 Å². The lowest BCUT2D eigenvalue weighted by Crippen LogP contribution is -2.53. The third kappa shape index (κ3) is 7.87. The van der Waals surface area contributed by atoms with E-state index in [0.29, 0.717) is 12.2 Å². The summed E-state index contributed by atoms with van der Waals surface area (Å²) in [6.45, 7) is 4.95. The lowest BCUT2D eigenvalue weighted by atomic mass is 10.0. The van der Waals surface area contributed by atoms with Gasteiger partial charge >= 0.3 is 0 Å². The molecule has 224 valence electrons. The Morgan fingerprint density at radius 2 is 1.51 bits per heavy atom. The van der Waals surface area contributed by atoms with E-state index in [4.69, 9.17) is 0 Å². The van der Waals surface area contributed by atoms with Gasteiger partial charge in [0, 0.05) is 25.1 Å². The SMILES string of the molecule is CCNC(=O)[C@H](Cc1ccccc1)N(Cc1ccccc1F)C(=O)CN(c1cccc(C)c1)S(=O)(=O)c1ccc(C)cc1. The quantitative estimate of drug-likeness (QED) is 0.235. The second kappa shape index (κ2) is 14.1. The van der Waals surface area contributed by atoms with Crippen LogP contribution < -0.4 is 9.62 Å². The fraction of sp³-hybridized carbons (Fsp3) is 0.235. The number of aryl methyl sites for hydroxylation is 2. The van der Waals surface area contributed by atoms with E-state index >= 15 is 0 Å². The number of nitrogens with zero attached hydrogens (tertiary/aromatic N) is 2. The number of halogens is 1. The molecule has 0 heterocycles. The predicted octanol–water partition coefficient (Wildman–Crippen LogP) is 5.41. The van der Waals surface area contributed by atoms with Gasteiger partial charge in [-0.1, -0.05) is 78.4 Å². The van der Waals surface area contributed by atoms with Crippen LogP contribution in [0.4, 0.5) is 10.1 Å². The van der Waals surface area contributed by atoms with Gasteiger partial charge in [0.15, 0.2) is 0 Å². The van der Waals surface area contributed by atoms with Crippen LogP contribution in [-0.2, 0) is 32.6 Å². The van der Waals surface area contributed by atoms with E-state index in [1.54, 1.807) is 55.5 Å². The smallest absolute Gasteiger partial charge is 0.264 e. The number of amides is 2. The first kappa shape index (κ1) is 31.4. The van der Waals surface area contributed by atoms with Crippen molar-refractivity contribution in [3.63, 3.8) is 0 Å². The summed E-state index contributed by atoms with van der Waals surface area (Å²) in [5.41, 5.74) is 3.01. The molecule has 4 aromatic carbocycles. The van der Waals surface area contributed by atoms with Crippen molar-refractivity contribution < 1.29 is 22.4 Å². The number of likely N-dealkylation sites (N-methyl/N-ethyl adjacent to an activating group) is 1. The number of rotatable bonds is 12. The number of benzene rings is 4. The number of sulfonamides is 1. The molecule has 0 aliphatic heterocycles. The predicted molar refractivity (Wildman–Crippen MR) is 166 cm³/mol. The summed E-state index contributed by atoms with van der Waals surface area (Å²) in [4.78, 5) is 29.1. The molecule has 1 atom stereocenters. The normalized spacial score (nSPS) is 11.9. The molecule has 0 unspecified atom stereocenters. The average Bonchev–Trinajstić information content (AvgIpc) is 2.99. The highest BCUT2D eigenvalue weighted by Crippen LogP contribution is 2.26. The molecule has 0 aliphatic carbocycles. The van der Waals surface area contributed by atoms with E-state index in [1.807, 2.05) is 50.2 Å². The highest BCUT2D eigenvalue weighted by molar-refractivity contribution is 7.92. The molecule has 0 saturated heterocycles. The highest BCUT2D eigenvalue weighted by Gasteiger charge is 2.34. The summed E-state index contributed by atoms with van der Waals surface area (Å²) in [5, 5.41) is 2.80. The summed E-state index contributed by atoms with van der Waals surface area (Å²) in [6, 6.07) is 27.5. The first-order valence-electron chi connectivity index (χ1n) is 14.1. The fourth-order valence-electron chi connectivity index (χ4n) is 4.81. The topological polar surface area (TPSA) is 86.8 Å². The van der Waals surface area contributed by atoms with Crippen molar-refractivity contribution in [1.29, 1.82) is 0 Å². The van der Waals surface area contributed by atoms with E-state index in [9.17, 15) is 22.4 Å². The summed E-state index contributed by atoms with van der Waals surface area (Å²) in [6.07, 6.45) is 0.155. The Hall–Kier alpha value is -4.50. The summed E-state index contributed by atoms with van der Waals surface area (Å²) in [7, 11) is -4.20. The van der Waals surface area contributed by atoms with Crippen LogP contribution in [0.1, 0.15) is 29.2 Å². The Morgan fingerprint density at radius 1 is 0.837 bits per heavy atom. The van der Waals surface area contributed by atoms with Crippen molar-refractivity contribution >= 4 is 27.5 Å². The van der Waals surface area contributed by atoms with Gasteiger partial charge in [-0.25, -0.2) is 12.8 Å². The second-order valence-electron chi connectivity index (χ2n) is 10.4. The molecule has 0 spiro atoms. The first-order chi connectivity index (χ1) is 20.6. The number of hydrogen-bond donors (Lipinski definition) is 1. The van der Waals surface area contributed by atoms with Crippen molar-refractivity contribution in [2.75, 3.05) is 17.4 Å². The molecule has 0 fully saturated rings. The minimum atomic E-state index is -4.20. The Kier molecular flexibility index (Phi) is 10.3. The van der Waals surface area contributed by atoms with E-state index in [1.165, 1.54) is 23.1 Å². The maximum Gasteiger partial charge on any atom is 0.264 e. The van der Waals surface area contributed by atoms with Crippen LogP contribution in [0.3, 0.4) is 0 Å². The van der Waals surface area contributed by atoms with Crippen molar-refractivity contribution in [3.8, 4) is 0 Å². The molecular weight excluding hydrogens is 565 g/mol. The summed E-state index contributed by atoms with van der Waals surface area (Å²) >= 11 is 0. The van der Waals surface area contributed by atoms with Crippen LogP contribution in [0, 0.1) is 19.7 Å². The van der Waals surface area contributed by atoms with E-state index in [-0.39, 0.29) is 23.4 Å². The zero-order chi connectivity index (χ0) is 31.0. The largest absolute Gasteiger partial charge is 0.355 e. The maximum absolute atomic E-state index is 14.9. The molecule has 0 aliphatic rings. The van der Waals surface area contributed by atoms with Gasteiger partial charge in [0.25, 0.3) is 10.0 Å². The number of anilines is 1. The lowest BCUT2D eigenvalue weighted by Gasteiger charge is -2.34. The Balaban J connectivity index is 1.80. The Morgan fingerprint density at radius 3 is 2.16 bits per heavy atom. The zero-order valence-corrected chi connectivity index (χ0v) is 25.4. The van der Waals surface area contributed by atoms with Gasteiger partial charge < -0.3 is 10.2 Å². The van der Waals surface area contributed by atoms with Crippen LogP contribution >= 0.6 is 0 Å². The van der Waals surface area contributed by atoms with Crippen molar-refractivity contribution in [1.82, 2.24) is 10.2 Å². The molecule has 4 rings (SSSR count). The van der Waals surface area contributed by atoms with Gasteiger partial charge in [0.2, 0.25) is 11.8 Å². The third-order valence-electron chi connectivity index (χ3n) is 7.10. The van der Waals surface area contributed by atoms with Crippen LogP contribution in [0.2, 0.25) is 0 Å². The molecule has 43 heavy (non-hydrogen) atoms. The molecule has 7 nitrogen and oxygen atoms in total. The second-order valence-corrected chi connectivity index (χ2v) is 12.2. The van der Waals surface area contributed by atoms with E-state index in [0.717, 1.165) is 21.0 Å². The molecule has 2 amide bonds. The molecule has 0 saturated carbocycles. The first-order valence-corrected chi connectivity index (χ1v) is 15.5. The van der Waals surface area contributed by atoms with Crippen LogP contribution in [0.5, 0.6) is 0 Å². The number of nitrogens with one attached hydrogen (secondary N) is 1. The molecule has 4 aromatic rings. The minimum absolute atomic E-state index is 0.0256. The molecule has 0 radical (unpaired) electrons. The number of carbonyl (C=O) groups is 2. The molecule has 9 heteroatoms. The Bertz CT molecular complexity index is 1660. The maximum atomic E-state index is 14.9. The van der Waals surface area contributed by atoms with E-state index in [2.05, 4.69) is 5.32 Å². The number of carbonyl (C=O) groups excluding carboxylic acids is 2. The molecular formula is C34H36FN3O4S. The van der Waals surface area contributed by atoms with Gasteiger partial charge in [-0.2, -0.15) is 0 Å².